The summed E-state index contributed by atoms with van der Waals surface area (Å²) < 4.78 is 5.23. The molecule has 3 rings (SSSR count). The highest BCUT2D eigenvalue weighted by Gasteiger charge is 2.20. The molecule has 0 atom stereocenters. The molecule has 0 heterocycles. The molecule has 5 heteroatoms. The number of carbonyl (C=O) groups is 2. The minimum absolute atomic E-state index is 0.150. The number of hydrogen-bond acceptors (Lipinski definition) is 3. The molecule has 2 N–H and O–H groups in total. The molecule has 1 saturated carbocycles. The molecule has 5 nitrogen and oxygen atoms in total. The van der Waals surface area contributed by atoms with E-state index in [-0.39, 0.29) is 17.9 Å². The number of anilines is 1. The third-order valence-electron chi connectivity index (χ3n) is 4.46. The van der Waals surface area contributed by atoms with Crippen LogP contribution in [0.3, 0.4) is 0 Å². The van der Waals surface area contributed by atoms with Crippen molar-refractivity contribution in [2.45, 2.75) is 31.7 Å². The van der Waals surface area contributed by atoms with E-state index >= 15 is 0 Å². The molecule has 2 amide bonds. The van der Waals surface area contributed by atoms with Crippen LogP contribution in [0.25, 0.3) is 0 Å². The first-order valence-corrected chi connectivity index (χ1v) is 8.53. The topological polar surface area (TPSA) is 67.4 Å². The SMILES string of the molecule is COc1ccccc1C(=O)Nc1ccccc1C(=O)NC1CCCC1. The number of methoxy groups -OCH3 is 1. The molecule has 130 valence electrons. The number of nitrogens with one attached hydrogen (secondary N) is 2. The average Bonchev–Trinajstić information content (AvgIpc) is 3.15. The fourth-order valence-corrected chi connectivity index (χ4v) is 3.15. The van der Waals surface area contributed by atoms with Gasteiger partial charge in [-0.3, -0.25) is 9.59 Å². The highest BCUT2D eigenvalue weighted by molar-refractivity contribution is 6.10. The Morgan fingerprint density at radius 3 is 2.28 bits per heavy atom. The molecule has 0 saturated heterocycles. The van der Waals surface area contributed by atoms with Crippen molar-refractivity contribution in [1.82, 2.24) is 5.32 Å². The van der Waals surface area contributed by atoms with E-state index in [9.17, 15) is 9.59 Å². The maximum atomic E-state index is 12.6. The van der Waals surface area contributed by atoms with Crippen molar-refractivity contribution in [3.8, 4) is 5.75 Å². The normalized spacial score (nSPS) is 14.1. The van der Waals surface area contributed by atoms with Crippen LogP contribution in [0.4, 0.5) is 5.69 Å². The third-order valence-corrected chi connectivity index (χ3v) is 4.46. The smallest absolute Gasteiger partial charge is 0.259 e. The minimum atomic E-state index is -0.307. The van der Waals surface area contributed by atoms with Crippen molar-refractivity contribution in [3.63, 3.8) is 0 Å². The zero-order chi connectivity index (χ0) is 17.6. The quantitative estimate of drug-likeness (QED) is 0.875. The fourth-order valence-electron chi connectivity index (χ4n) is 3.15. The van der Waals surface area contributed by atoms with E-state index in [1.54, 1.807) is 48.5 Å². The molecule has 25 heavy (non-hydrogen) atoms. The van der Waals surface area contributed by atoms with Gasteiger partial charge in [0.25, 0.3) is 11.8 Å². The van der Waals surface area contributed by atoms with E-state index in [0.29, 0.717) is 22.6 Å². The van der Waals surface area contributed by atoms with Crippen molar-refractivity contribution in [2.75, 3.05) is 12.4 Å². The Balaban J connectivity index is 1.78. The van der Waals surface area contributed by atoms with Crippen LogP contribution in [0, 0.1) is 0 Å². The number of ether oxygens (including phenoxy) is 1. The maximum Gasteiger partial charge on any atom is 0.259 e. The monoisotopic (exact) mass is 338 g/mol. The van der Waals surface area contributed by atoms with Gasteiger partial charge in [0, 0.05) is 6.04 Å². The van der Waals surface area contributed by atoms with Gasteiger partial charge < -0.3 is 15.4 Å². The first-order valence-electron chi connectivity index (χ1n) is 8.53. The van der Waals surface area contributed by atoms with Crippen molar-refractivity contribution in [3.05, 3.63) is 59.7 Å². The summed E-state index contributed by atoms with van der Waals surface area (Å²) in [5, 5.41) is 5.88. The zero-order valence-electron chi connectivity index (χ0n) is 14.2. The van der Waals surface area contributed by atoms with Gasteiger partial charge in [0.15, 0.2) is 0 Å². The molecule has 0 spiro atoms. The highest BCUT2D eigenvalue weighted by atomic mass is 16.5. The van der Waals surface area contributed by atoms with Crippen LogP contribution in [0.2, 0.25) is 0 Å². The first kappa shape index (κ1) is 17.0. The van der Waals surface area contributed by atoms with E-state index in [1.165, 1.54) is 7.11 Å². The summed E-state index contributed by atoms with van der Waals surface area (Å²) in [6.07, 6.45) is 4.33. The van der Waals surface area contributed by atoms with Crippen LogP contribution in [0.15, 0.2) is 48.5 Å². The van der Waals surface area contributed by atoms with Crippen LogP contribution < -0.4 is 15.4 Å². The largest absolute Gasteiger partial charge is 0.496 e. The number of amides is 2. The summed E-state index contributed by atoms with van der Waals surface area (Å²) in [5.41, 5.74) is 1.39. The van der Waals surface area contributed by atoms with E-state index in [0.717, 1.165) is 25.7 Å². The summed E-state index contributed by atoms with van der Waals surface area (Å²) >= 11 is 0. The lowest BCUT2D eigenvalue weighted by atomic mass is 10.1. The molecule has 1 aliphatic rings. The van der Waals surface area contributed by atoms with E-state index < -0.39 is 0 Å². The highest BCUT2D eigenvalue weighted by Crippen LogP contribution is 2.22. The lowest BCUT2D eigenvalue weighted by molar-refractivity contribution is 0.0939. The van der Waals surface area contributed by atoms with Gasteiger partial charge in [-0.15, -0.1) is 0 Å². The van der Waals surface area contributed by atoms with Gasteiger partial charge in [-0.2, -0.15) is 0 Å². The lowest BCUT2D eigenvalue weighted by Gasteiger charge is -2.15. The second kappa shape index (κ2) is 7.83. The Bertz CT molecular complexity index is 767. The number of carbonyl (C=O) groups excluding carboxylic acids is 2. The molecule has 2 aromatic carbocycles. The second-order valence-corrected chi connectivity index (χ2v) is 6.15. The molecule has 1 aliphatic carbocycles. The predicted octanol–water partition coefficient (Wildman–Crippen LogP) is 3.62. The molecular formula is C20H22N2O3. The molecule has 0 radical (unpaired) electrons. The third kappa shape index (κ3) is 3.99. The van der Waals surface area contributed by atoms with Crippen LogP contribution >= 0.6 is 0 Å². The number of benzene rings is 2. The number of hydrogen-bond donors (Lipinski definition) is 2. The first-order chi connectivity index (χ1) is 12.2. The molecule has 0 unspecified atom stereocenters. The summed E-state index contributed by atoms with van der Waals surface area (Å²) in [4.78, 5) is 25.2. The molecule has 0 aromatic heterocycles. The Hall–Kier alpha value is -2.82. The lowest BCUT2D eigenvalue weighted by Crippen LogP contribution is -2.33. The Kier molecular flexibility index (Phi) is 5.33. The van der Waals surface area contributed by atoms with Gasteiger partial charge in [0.05, 0.1) is 23.9 Å². The van der Waals surface area contributed by atoms with Gasteiger partial charge >= 0.3 is 0 Å². The summed E-state index contributed by atoms with van der Waals surface area (Å²) in [7, 11) is 1.52. The van der Waals surface area contributed by atoms with Crippen LogP contribution in [0.5, 0.6) is 5.75 Å². The van der Waals surface area contributed by atoms with Gasteiger partial charge in [0.2, 0.25) is 0 Å². The number of rotatable bonds is 5. The molecule has 2 aromatic rings. The van der Waals surface area contributed by atoms with Gasteiger partial charge in [-0.1, -0.05) is 37.1 Å². The van der Waals surface area contributed by atoms with Gasteiger partial charge in [0.1, 0.15) is 5.75 Å². The summed E-state index contributed by atoms with van der Waals surface area (Å²) in [6, 6.07) is 14.3. The van der Waals surface area contributed by atoms with Crippen LogP contribution in [-0.2, 0) is 0 Å². The number of para-hydroxylation sites is 2. The molecular weight excluding hydrogens is 316 g/mol. The van der Waals surface area contributed by atoms with Crippen molar-refractivity contribution >= 4 is 17.5 Å². The van der Waals surface area contributed by atoms with E-state index in [2.05, 4.69) is 10.6 Å². The Morgan fingerprint density at radius 1 is 0.920 bits per heavy atom. The van der Waals surface area contributed by atoms with E-state index in [4.69, 9.17) is 4.74 Å². The Labute approximate surface area is 147 Å². The van der Waals surface area contributed by atoms with Crippen molar-refractivity contribution < 1.29 is 14.3 Å². The standard InChI is InChI=1S/C20H22N2O3/c1-25-18-13-7-5-11-16(18)20(24)22-17-12-6-4-10-15(17)19(23)21-14-8-2-3-9-14/h4-7,10-14H,2-3,8-9H2,1H3,(H,21,23)(H,22,24). The van der Waals surface area contributed by atoms with Crippen LogP contribution in [-0.4, -0.2) is 25.0 Å². The average molecular weight is 338 g/mol. The molecule has 0 aliphatic heterocycles. The van der Waals surface area contributed by atoms with Crippen molar-refractivity contribution in [1.29, 1.82) is 0 Å². The molecule has 1 fully saturated rings. The maximum absolute atomic E-state index is 12.6. The van der Waals surface area contributed by atoms with Gasteiger partial charge in [-0.25, -0.2) is 0 Å². The van der Waals surface area contributed by atoms with Gasteiger partial charge in [-0.05, 0) is 37.1 Å². The fraction of sp³-hybridized carbons (Fsp3) is 0.300. The minimum Gasteiger partial charge on any atom is -0.496 e. The van der Waals surface area contributed by atoms with Crippen molar-refractivity contribution in [2.24, 2.45) is 0 Å². The second-order valence-electron chi connectivity index (χ2n) is 6.15. The summed E-state index contributed by atoms with van der Waals surface area (Å²) in [5.74, 6) is 0.0364. The summed E-state index contributed by atoms with van der Waals surface area (Å²) in [6.45, 7) is 0. The predicted molar refractivity (Wildman–Crippen MR) is 97.1 cm³/mol. The Morgan fingerprint density at radius 2 is 1.56 bits per heavy atom. The molecule has 0 bridgehead atoms. The zero-order valence-corrected chi connectivity index (χ0v) is 14.2. The van der Waals surface area contributed by atoms with E-state index in [1.807, 2.05) is 0 Å². The van der Waals surface area contributed by atoms with Crippen LogP contribution in [0.1, 0.15) is 46.4 Å².